The van der Waals surface area contributed by atoms with Crippen molar-refractivity contribution in [2.75, 3.05) is 27.3 Å². The second-order valence-corrected chi connectivity index (χ2v) is 6.70. The van der Waals surface area contributed by atoms with Crippen molar-refractivity contribution in [1.82, 2.24) is 10.2 Å². The molecule has 0 radical (unpaired) electrons. The number of carbonyl (C=O) groups excluding carboxylic acids is 3. The number of amides is 2. The maximum absolute atomic E-state index is 12.6. The van der Waals surface area contributed by atoms with Crippen molar-refractivity contribution in [3.05, 3.63) is 29.8 Å². The number of unbranched alkanes of at least 4 members (excludes halogenated alkanes) is 5. The van der Waals surface area contributed by atoms with Crippen LogP contribution in [0.2, 0.25) is 0 Å². The predicted molar refractivity (Wildman–Crippen MR) is 107 cm³/mol. The molecule has 2 amide bonds. The van der Waals surface area contributed by atoms with E-state index in [0.29, 0.717) is 17.9 Å². The molecule has 0 aliphatic heterocycles. The molecule has 1 atom stereocenters. The molecule has 7 heteroatoms. The monoisotopic (exact) mass is 392 g/mol. The third-order valence-electron chi connectivity index (χ3n) is 4.53. The summed E-state index contributed by atoms with van der Waals surface area (Å²) in [4.78, 5) is 37.4. The van der Waals surface area contributed by atoms with E-state index in [1.807, 2.05) is 0 Å². The number of benzene rings is 1. The number of Topliss-reactive ketones (excluding diaryl/α,β-unsaturated/α-hetero) is 1. The van der Waals surface area contributed by atoms with E-state index in [0.717, 1.165) is 17.7 Å². The Labute approximate surface area is 167 Å². The lowest BCUT2D eigenvalue weighted by atomic mass is 10.1. The zero-order valence-corrected chi connectivity index (χ0v) is 17.1. The summed E-state index contributed by atoms with van der Waals surface area (Å²) in [5.41, 5.74) is 0.328. The third kappa shape index (κ3) is 7.31. The molecule has 28 heavy (non-hydrogen) atoms. The Bertz CT molecular complexity index is 614. The summed E-state index contributed by atoms with van der Waals surface area (Å²) in [5.74, 6) is -1.21. The van der Waals surface area contributed by atoms with Gasteiger partial charge < -0.3 is 20.1 Å². The minimum absolute atomic E-state index is 0.328. The number of hydrogen-bond acceptors (Lipinski definition) is 5. The van der Waals surface area contributed by atoms with Crippen LogP contribution in [0.25, 0.3) is 0 Å². The molecular formula is C21H32N2O5. The Morgan fingerprint density at radius 2 is 1.68 bits per heavy atom. The van der Waals surface area contributed by atoms with E-state index >= 15 is 0 Å². The molecule has 0 aliphatic rings. The number of nitrogens with one attached hydrogen (secondary N) is 1. The Hall–Kier alpha value is -2.41. The Balaban J connectivity index is 2.60. The molecule has 156 valence electrons. The molecule has 2 N–H and O–H groups in total. The van der Waals surface area contributed by atoms with Crippen LogP contribution in [-0.2, 0) is 9.59 Å². The largest absolute Gasteiger partial charge is 0.494 e. The van der Waals surface area contributed by atoms with Gasteiger partial charge in [0.1, 0.15) is 12.4 Å². The number of hydrogen-bond donors (Lipinski definition) is 2. The molecule has 1 rings (SSSR count). The normalized spacial score (nSPS) is 11.6. The number of ketones is 1. The summed E-state index contributed by atoms with van der Waals surface area (Å²) in [5, 5.41) is 11.4. The Kier molecular flexibility index (Phi) is 10.9. The van der Waals surface area contributed by atoms with Gasteiger partial charge in [-0.25, -0.2) is 0 Å². The molecule has 0 spiro atoms. The minimum atomic E-state index is -1.37. The van der Waals surface area contributed by atoms with Gasteiger partial charge in [0.25, 0.3) is 5.91 Å². The molecule has 1 unspecified atom stereocenters. The van der Waals surface area contributed by atoms with Crippen molar-refractivity contribution >= 4 is 17.6 Å². The Morgan fingerprint density at radius 1 is 1.07 bits per heavy atom. The first-order valence-electron chi connectivity index (χ1n) is 9.81. The van der Waals surface area contributed by atoms with Crippen LogP contribution in [-0.4, -0.2) is 61.0 Å². The highest BCUT2D eigenvalue weighted by atomic mass is 16.5. The summed E-state index contributed by atoms with van der Waals surface area (Å²) in [6.45, 7) is 2.00. The van der Waals surface area contributed by atoms with Crippen molar-refractivity contribution in [2.45, 2.75) is 51.5 Å². The van der Waals surface area contributed by atoms with E-state index in [1.165, 1.54) is 39.8 Å². The summed E-state index contributed by atoms with van der Waals surface area (Å²) in [7, 11) is 2.73. The Morgan fingerprint density at radius 3 is 2.25 bits per heavy atom. The van der Waals surface area contributed by atoms with Crippen molar-refractivity contribution in [3.63, 3.8) is 0 Å². The average Bonchev–Trinajstić information content (AvgIpc) is 2.72. The second kappa shape index (κ2) is 12.9. The van der Waals surface area contributed by atoms with Crippen LogP contribution in [0.4, 0.5) is 0 Å². The van der Waals surface area contributed by atoms with E-state index in [2.05, 4.69) is 12.2 Å². The number of ether oxygens (including phenoxy) is 1. The first kappa shape index (κ1) is 23.6. The molecule has 0 bridgehead atoms. The maximum atomic E-state index is 12.6. The van der Waals surface area contributed by atoms with Crippen LogP contribution in [0.1, 0.15) is 55.8 Å². The van der Waals surface area contributed by atoms with Gasteiger partial charge in [-0.2, -0.15) is 0 Å². The number of aliphatic hydroxyl groups is 1. The fraction of sp³-hybridized carbons (Fsp3) is 0.571. The molecule has 0 saturated carbocycles. The molecule has 0 aliphatic carbocycles. The van der Waals surface area contributed by atoms with Gasteiger partial charge in [-0.1, -0.05) is 39.0 Å². The van der Waals surface area contributed by atoms with Gasteiger partial charge in [-0.15, -0.1) is 0 Å². The average molecular weight is 392 g/mol. The van der Waals surface area contributed by atoms with Crippen LogP contribution in [0.15, 0.2) is 24.3 Å². The van der Waals surface area contributed by atoms with Gasteiger partial charge in [0.15, 0.2) is 11.8 Å². The summed E-state index contributed by atoms with van der Waals surface area (Å²) >= 11 is 0. The zero-order chi connectivity index (χ0) is 20.9. The van der Waals surface area contributed by atoms with Crippen LogP contribution in [0.5, 0.6) is 5.75 Å². The summed E-state index contributed by atoms with van der Waals surface area (Å²) < 4.78 is 5.69. The van der Waals surface area contributed by atoms with Crippen molar-refractivity contribution in [2.24, 2.45) is 0 Å². The fourth-order valence-corrected chi connectivity index (χ4v) is 2.85. The van der Waals surface area contributed by atoms with Gasteiger partial charge in [-0.3, -0.25) is 14.4 Å². The van der Waals surface area contributed by atoms with E-state index in [-0.39, 0.29) is 0 Å². The number of nitrogens with zero attached hydrogens (tertiary/aromatic N) is 1. The third-order valence-corrected chi connectivity index (χ3v) is 4.53. The molecule has 0 fully saturated rings. The van der Waals surface area contributed by atoms with E-state index < -0.39 is 30.2 Å². The SMILES string of the molecule is CCCCCCCCOc1ccc(C(=O)N(C)C(C(=O)CO)C(=O)NC)cc1. The van der Waals surface area contributed by atoms with Gasteiger partial charge in [-0.05, 0) is 30.7 Å². The maximum Gasteiger partial charge on any atom is 0.254 e. The van der Waals surface area contributed by atoms with Gasteiger partial charge in [0.05, 0.1) is 6.61 Å². The van der Waals surface area contributed by atoms with Gasteiger partial charge in [0.2, 0.25) is 5.91 Å². The fourth-order valence-electron chi connectivity index (χ4n) is 2.85. The molecule has 0 saturated heterocycles. The summed E-state index contributed by atoms with van der Waals surface area (Å²) in [6.07, 6.45) is 7.11. The van der Waals surface area contributed by atoms with Crippen LogP contribution in [0, 0.1) is 0 Å². The second-order valence-electron chi connectivity index (χ2n) is 6.70. The lowest BCUT2D eigenvalue weighted by molar-refractivity contribution is -0.135. The highest BCUT2D eigenvalue weighted by Gasteiger charge is 2.32. The number of rotatable bonds is 13. The van der Waals surface area contributed by atoms with Crippen molar-refractivity contribution in [1.29, 1.82) is 0 Å². The summed E-state index contributed by atoms with van der Waals surface area (Å²) in [6, 6.07) is 5.22. The predicted octanol–water partition coefficient (Wildman–Crippen LogP) is 2.17. The number of likely N-dealkylation sites (N-methyl/N-ethyl adjacent to an activating group) is 2. The lowest BCUT2D eigenvalue weighted by Crippen LogP contribution is -2.52. The van der Waals surface area contributed by atoms with Crippen LogP contribution >= 0.6 is 0 Å². The van der Waals surface area contributed by atoms with Crippen molar-refractivity contribution < 1.29 is 24.2 Å². The molecule has 1 aromatic rings. The smallest absolute Gasteiger partial charge is 0.254 e. The molecular weight excluding hydrogens is 360 g/mol. The minimum Gasteiger partial charge on any atom is -0.494 e. The number of aliphatic hydroxyl groups excluding tert-OH is 1. The molecule has 1 aromatic carbocycles. The first-order valence-corrected chi connectivity index (χ1v) is 9.81. The first-order chi connectivity index (χ1) is 13.5. The highest BCUT2D eigenvalue weighted by molar-refractivity contribution is 6.10. The van der Waals surface area contributed by atoms with Crippen molar-refractivity contribution in [3.8, 4) is 5.75 Å². The van der Waals surface area contributed by atoms with E-state index in [1.54, 1.807) is 24.3 Å². The topological polar surface area (TPSA) is 95.9 Å². The highest BCUT2D eigenvalue weighted by Crippen LogP contribution is 2.15. The number of carbonyl (C=O) groups is 3. The van der Waals surface area contributed by atoms with E-state index in [9.17, 15) is 14.4 Å². The standard InChI is InChI=1S/C21H32N2O5/c1-4-5-6-7-8-9-14-28-17-12-10-16(11-13-17)21(27)23(3)19(18(25)15-24)20(26)22-2/h10-13,19,24H,4-9,14-15H2,1-3H3,(H,22,26). The zero-order valence-electron chi connectivity index (χ0n) is 17.1. The van der Waals surface area contributed by atoms with Gasteiger partial charge in [0, 0.05) is 19.7 Å². The molecule has 0 heterocycles. The van der Waals surface area contributed by atoms with Crippen LogP contribution < -0.4 is 10.1 Å². The quantitative estimate of drug-likeness (QED) is 0.396. The van der Waals surface area contributed by atoms with E-state index in [4.69, 9.17) is 9.84 Å². The lowest BCUT2D eigenvalue weighted by Gasteiger charge is -2.25. The molecule has 0 aromatic heterocycles. The molecule has 7 nitrogen and oxygen atoms in total. The van der Waals surface area contributed by atoms with Crippen LogP contribution in [0.3, 0.4) is 0 Å². The van der Waals surface area contributed by atoms with Gasteiger partial charge >= 0.3 is 0 Å².